The van der Waals surface area contributed by atoms with Gasteiger partial charge in [-0.1, -0.05) is 13.0 Å². The van der Waals surface area contributed by atoms with Crippen molar-refractivity contribution >= 4 is 16.9 Å². The lowest BCUT2D eigenvalue weighted by atomic mass is 9.95. The molecule has 1 heteroatoms. The van der Waals surface area contributed by atoms with Gasteiger partial charge >= 0.3 is 0 Å². The fourth-order valence-electron chi connectivity index (χ4n) is 1.83. The Balaban J connectivity index is 2.19. The fourth-order valence-corrected chi connectivity index (χ4v) is 2.69. The van der Waals surface area contributed by atoms with Gasteiger partial charge in [0.05, 0.1) is 0 Å². The molecule has 0 saturated heterocycles. The van der Waals surface area contributed by atoms with E-state index in [0.717, 1.165) is 0 Å². The van der Waals surface area contributed by atoms with Crippen molar-refractivity contribution in [2.45, 2.75) is 39.0 Å². The van der Waals surface area contributed by atoms with Gasteiger partial charge in [0.1, 0.15) is 0 Å². The Morgan fingerprint density at radius 2 is 2.31 bits per heavy atom. The van der Waals surface area contributed by atoms with Gasteiger partial charge in [-0.25, -0.2) is 0 Å². The second-order valence-electron chi connectivity index (χ2n) is 3.63. The molecule has 0 saturated carbocycles. The summed E-state index contributed by atoms with van der Waals surface area (Å²) >= 11 is 1.90. The topological polar surface area (TPSA) is 0 Å². The molecule has 0 aromatic carbocycles. The highest BCUT2D eigenvalue weighted by Crippen LogP contribution is 2.29. The maximum Gasteiger partial charge on any atom is 0.00487 e. The first-order valence-corrected chi connectivity index (χ1v) is 6.05. The van der Waals surface area contributed by atoms with E-state index in [1.165, 1.54) is 42.5 Å². The molecule has 13 heavy (non-hydrogen) atoms. The number of rotatable bonds is 2. The van der Waals surface area contributed by atoms with Gasteiger partial charge in [0.25, 0.3) is 0 Å². The van der Waals surface area contributed by atoms with Crippen LogP contribution in [0.15, 0.2) is 17.5 Å². The highest BCUT2D eigenvalue weighted by atomic mass is 32.1. The Morgan fingerprint density at radius 1 is 1.38 bits per heavy atom. The fraction of sp³-hybridized carbons (Fsp3) is 0.500. The Kier molecular flexibility index (Phi) is 2.84. The quantitative estimate of drug-likeness (QED) is 0.656. The van der Waals surface area contributed by atoms with E-state index in [1.807, 2.05) is 11.3 Å². The number of hydrogen-bond acceptors (Lipinski definition) is 1. The molecule has 70 valence electrons. The minimum Gasteiger partial charge on any atom is -0.148 e. The minimum absolute atomic E-state index is 1.18. The van der Waals surface area contributed by atoms with Gasteiger partial charge in [-0.15, -0.1) is 11.3 Å². The Bertz CT molecular complexity index is 307. The molecular formula is C12H16S. The average molecular weight is 192 g/mol. The average Bonchev–Trinajstić information content (AvgIpc) is 2.67. The molecular weight excluding hydrogens is 176 g/mol. The molecule has 0 N–H and O–H groups in total. The lowest BCUT2D eigenvalue weighted by Crippen LogP contribution is -1.89. The van der Waals surface area contributed by atoms with E-state index in [9.17, 15) is 0 Å². The maximum absolute atomic E-state index is 2.42. The highest BCUT2D eigenvalue weighted by Gasteiger charge is 2.07. The summed E-state index contributed by atoms with van der Waals surface area (Å²) < 4.78 is 0. The summed E-state index contributed by atoms with van der Waals surface area (Å²) in [5.41, 5.74) is 3.07. The molecule has 0 spiro atoms. The Labute approximate surface area is 84.3 Å². The summed E-state index contributed by atoms with van der Waals surface area (Å²) in [6, 6.07) is 2.36. The molecule has 0 fully saturated rings. The van der Waals surface area contributed by atoms with Gasteiger partial charge in [0, 0.05) is 4.88 Å². The molecule has 0 aliphatic heterocycles. The van der Waals surface area contributed by atoms with Crippen molar-refractivity contribution in [2.24, 2.45) is 0 Å². The Morgan fingerprint density at radius 3 is 2.92 bits per heavy atom. The van der Waals surface area contributed by atoms with Crippen LogP contribution >= 0.6 is 11.3 Å². The van der Waals surface area contributed by atoms with Crippen LogP contribution < -0.4 is 0 Å². The molecule has 0 unspecified atom stereocenters. The van der Waals surface area contributed by atoms with E-state index in [4.69, 9.17) is 0 Å². The van der Waals surface area contributed by atoms with Crippen LogP contribution in [0.4, 0.5) is 0 Å². The predicted molar refractivity (Wildman–Crippen MR) is 60.1 cm³/mol. The summed E-state index contributed by atoms with van der Waals surface area (Å²) in [5.74, 6) is 0. The minimum atomic E-state index is 1.18. The standard InChI is InChI=1S/C12H16S/c1-2-12-8-11(9-13-12)10-6-4-3-5-7-10/h6,8-9H,2-5,7H2,1H3. The first-order chi connectivity index (χ1) is 6.40. The van der Waals surface area contributed by atoms with E-state index < -0.39 is 0 Å². The molecule has 0 nitrogen and oxygen atoms in total. The molecule has 0 atom stereocenters. The number of aryl methyl sites for hydroxylation is 1. The zero-order valence-corrected chi connectivity index (χ0v) is 8.99. The third kappa shape index (κ3) is 2.02. The number of hydrogen-bond donors (Lipinski definition) is 0. The van der Waals surface area contributed by atoms with Crippen molar-refractivity contribution in [3.05, 3.63) is 28.0 Å². The first kappa shape index (κ1) is 9.01. The van der Waals surface area contributed by atoms with E-state index >= 15 is 0 Å². The van der Waals surface area contributed by atoms with Crippen LogP contribution in [-0.2, 0) is 6.42 Å². The SMILES string of the molecule is CCc1cc(C2=CCCCC2)cs1. The second kappa shape index (κ2) is 4.10. The Hall–Kier alpha value is -0.560. The molecule has 1 heterocycles. The molecule has 1 aromatic rings. The summed E-state index contributed by atoms with van der Waals surface area (Å²) in [4.78, 5) is 1.52. The van der Waals surface area contributed by atoms with E-state index in [0.29, 0.717) is 0 Å². The van der Waals surface area contributed by atoms with Crippen LogP contribution in [-0.4, -0.2) is 0 Å². The van der Waals surface area contributed by atoms with Crippen molar-refractivity contribution in [1.82, 2.24) is 0 Å². The first-order valence-electron chi connectivity index (χ1n) is 5.17. The van der Waals surface area contributed by atoms with Crippen molar-refractivity contribution in [1.29, 1.82) is 0 Å². The second-order valence-corrected chi connectivity index (χ2v) is 4.63. The zero-order valence-electron chi connectivity index (χ0n) is 8.18. The van der Waals surface area contributed by atoms with Crippen molar-refractivity contribution in [3.8, 4) is 0 Å². The molecule has 1 aromatic heterocycles. The zero-order chi connectivity index (χ0) is 9.10. The molecule has 1 aliphatic rings. The van der Waals surface area contributed by atoms with Crippen molar-refractivity contribution < 1.29 is 0 Å². The van der Waals surface area contributed by atoms with Crippen LogP contribution in [0, 0.1) is 0 Å². The predicted octanol–water partition coefficient (Wildman–Crippen LogP) is 4.27. The molecule has 1 aliphatic carbocycles. The third-order valence-corrected chi connectivity index (χ3v) is 3.75. The lowest BCUT2D eigenvalue weighted by molar-refractivity contribution is 0.742. The van der Waals surface area contributed by atoms with Gasteiger partial charge in [-0.2, -0.15) is 0 Å². The highest BCUT2D eigenvalue weighted by molar-refractivity contribution is 7.10. The van der Waals surface area contributed by atoms with Crippen LogP contribution in [0.1, 0.15) is 43.0 Å². The van der Waals surface area contributed by atoms with Crippen LogP contribution in [0.2, 0.25) is 0 Å². The van der Waals surface area contributed by atoms with Gasteiger partial charge in [-0.3, -0.25) is 0 Å². The number of thiophene rings is 1. The van der Waals surface area contributed by atoms with E-state index in [2.05, 4.69) is 24.4 Å². The van der Waals surface area contributed by atoms with Gasteiger partial charge in [0.15, 0.2) is 0 Å². The molecule has 2 rings (SSSR count). The van der Waals surface area contributed by atoms with E-state index in [-0.39, 0.29) is 0 Å². The largest absolute Gasteiger partial charge is 0.148 e. The van der Waals surface area contributed by atoms with Crippen LogP contribution in [0.3, 0.4) is 0 Å². The summed E-state index contributed by atoms with van der Waals surface area (Å²) in [6.45, 7) is 2.23. The van der Waals surface area contributed by atoms with Gasteiger partial charge < -0.3 is 0 Å². The normalized spacial score (nSPS) is 17.2. The summed E-state index contributed by atoms with van der Waals surface area (Å²) in [6.07, 6.45) is 8.94. The van der Waals surface area contributed by atoms with Gasteiger partial charge in [0.2, 0.25) is 0 Å². The summed E-state index contributed by atoms with van der Waals surface area (Å²) in [7, 11) is 0. The van der Waals surface area contributed by atoms with Gasteiger partial charge in [-0.05, 0) is 54.7 Å². The van der Waals surface area contributed by atoms with Crippen molar-refractivity contribution in [2.75, 3.05) is 0 Å². The van der Waals surface area contributed by atoms with Crippen LogP contribution in [0.5, 0.6) is 0 Å². The third-order valence-electron chi connectivity index (χ3n) is 2.66. The number of allylic oxidation sites excluding steroid dienone is 2. The smallest absolute Gasteiger partial charge is 0.00487 e. The van der Waals surface area contributed by atoms with Crippen LogP contribution in [0.25, 0.3) is 5.57 Å². The lowest BCUT2D eigenvalue weighted by Gasteiger charge is -2.10. The molecule has 0 radical (unpaired) electrons. The monoisotopic (exact) mass is 192 g/mol. The molecule has 0 bridgehead atoms. The molecule has 0 amide bonds. The maximum atomic E-state index is 2.42. The summed E-state index contributed by atoms with van der Waals surface area (Å²) in [5, 5.41) is 2.32. The van der Waals surface area contributed by atoms with E-state index in [1.54, 1.807) is 5.57 Å². The van der Waals surface area contributed by atoms with Crippen molar-refractivity contribution in [3.63, 3.8) is 0 Å².